The second kappa shape index (κ2) is 11.2. The number of hydrazone groups is 1. The van der Waals surface area contributed by atoms with Crippen LogP contribution in [0.4, 0.5) is 5.69 Å². The minimum absolute atomic E-state index is 0.189. The Morgan fingerprint density at radius 3 is 2.38 bits per heavy atom. The number of ether oxygens (including phenoxy) is 1. The molecule has 1 saturated heterocycles. The topological polar surface area (TPSA) is 57.2 Å². The molecule has 3 atom stereocenters. The zero-order chi connectivity index (χ0) is 25.8. The van der Waals surface area contributed by atoms with Gasteiger partial charge in [-0.15, -0.1) is 0 Å². The summed E-state index contributed by atoms with van der Waals surface area (Å²) in [6, 6.07) is 20.3. The summed E-state index contributed by atoms with van der Waals surface area (Å²) < 4.78 is 5.32. The van der Waals surface area contributed by atoms with Crippen LogP contribution in [0.2, 0.25) is 0 Å². The lowest BCUT2D eigenvalue weighted by atomic mass is 9.52. The number of anilines is 1. The Labute approximate surface area is 221 Å². The predicted octanol–water partition coefficient (Wildman–Crippen LogP) is 5.20. The highest BCUT2D eigenvalue weighted by atomic mass is 16.5. The molecule has 3 aliphatic carbocycles. The molecule has 6 heteroatoms. The van der Waals surface area contributed by atoms with E-state index in [1.165, 1.54) is 31.1 Å². The van der Waals surface area contributed by atoms with Gasteiger partial charge in [-0.3, -0.25) is 15.2 Å². The van der Waals surface area contributed by atoms with Gasteiger partial charge in [0.05, 0.1) is 18.8 Å². The molecule has 0 aromatic heterocycles. The van der Waals surface area contributed by atoms with Gasteiger partial charge in [0, 0.05) is 32.7 Å². The summed E-state index contributed by atoms with van der Waals surface area (Å²) in [4.78, 5) is 18.2. The van der Waals surface area contributed by atoms with E-state index in [1.54, 1.807) is 0 Å². The monoisotopic (exact) mass is 500 g/mol. The fraction of sp³-hybridized carbons (Fsp3) is 0.484. The Hall–Kier alpha value is -2.96. The average molecular weight is 501 g/mol. The van der Waals surface area contributed by atoms with Gasteiger partial charge in [0.25, 0.3) is 0 Å². The van der Waals surface area contributed by atoms with Gasteiger partial charge in [-0.2, -0.15) is 5.10 Å². The van der Waals surface area contributed by atoms with E-state index >= 15 is 0 Å². The molecule has 2 aromatic carbocycles. The number of piperazine rings is 1. The summed E-state index contributed by atoms with van der Waals surface area (Å²) in [7, 11) is 1.46. The highest BCUT2D eigenvalue weighted by Gasteiger charge is 2.53. The number of allylic oxidation sites excluding steroid dienone is 1. The first-order valence-corrected chi connectivity index (χ1v) is 13.6. The third-order valence-electron chi connectivity index (χ3n) is 8.84. The van der Waals surface area contributed by atoms with E-state index in [4.69, 9.17) is 9.84 Å². The molecule has 1 N–H and O–H groups in total. The number of hydrogen-bond donors (Lipinski definition) is 1. The van der Waals surface area contributed by atoms with Gasteiger partial charge < -0.3 is 4.74 Å². The number of carbonyl (C=O) groups is 1. The van der Waals surface area contributed by atoms with Gasteiger partial charge in [0.2, 0.25) is 0 Å². The lowest BCUT2D eigenvalue weighted by Crippen LogP contribution is -2.57. The van der Waals surface area contributed by atoms with Crippen LogP contribution in [0.1, 0.15) is 38.7 Å². The lowest BCUT2D eigenvalue weighted by molar-refractivity contribution is -0.133. The Kier molecular flexibility index (Phi) is 7.77. The molecule has 2 aromatic rings. The zero-order valence-electron chi connectivity index (χ0n) is 22.4. The number of nitrogens with zero attached hydrogens (tertiary/aromatic N) is 3. The van der Waals surface area contributed by atoms with E-state index in [0.717, 1.165) is 50.7 Å². The Bertz CT molecular complexity index is 1120. The van der Waals surface area contributed by atoms with Crippen molar-refractivity contribution in [2.45, 2.75) is 45.7 Å². The highest BCUT2D eigenvalue weighted by molar-refractivity contribution is 6.39. The quantitative estimate of drug-likeness (QED) is 0.234. The normalized spacial score (nSPS) is 24.8. The first kappa shape index (κ1) is 25.7. The van der Waals surface area contributed by atoms with Crippen LogP contribution in [0.5, 0.6) is 0 Å². The van der Waals surface area contributed by atoms with Crippen molar-refractivity contribution in [3.63, 3.8) is 0 Å². The van der Waals surface area contributed by atoms with Gasteiger partial charge >= 0.3 is 5.97 Å². The summed E-state index contributed by atoms with van der Waals surface area (Å²) >= 11 is 0. The molecule has 0 radical (unpaired) electrons. The number of carbonyl (C=O) groups excluding carboxylic acids is 1. The van der Waals surface area contributed by atoms with Crippen LogP contribution in [0.15, 0.2) is 77.4 Å². The van der Waals surface area contributed by atoms with Gasteiger partial charge in [0.1, 0.15) is 0 Å². The number of para-hydroxylation sites is 1. The second-order valence-corrected chi connectivity index (χ2v) is 11.3. The van der Waals surface area contributed by atoms with Crippen LogP contribution in [0.25, 0.3) is 0 Å². The van der Waals surface area contributed by atoms with E-state index in [-0.39, 0.29) is 17.4 Å². The SMILES string of the molecule is COC(=O)/C(=N\Nc1ccccc1)C(C1=CCCC2CC1C2(C)C)N1CCN(Cc2ccccc2)CC1. The molecule has 2 fully saturated rings. The third kappa shape index (κ3) is 5.51. The average Bonchev–Trinajstić information content (AvgIpc) is 3.24. The Morgan fingerprint density at radius 1 is 1.05 bits per heavy atom. The molecular weight excluding hydrogens is 460 g/mol. The van der Waals surface area contributed by atoms with Crippen molar-refractivity contribution in [3.8, 4) is 0 Å². The fourth-order valence-electron chi connectivity index (χ4n) is 6.49. The van der Waals surface area contributed by atoms with Gasteiger partial charge in [-0.05, 0) is 59.8 Å². The molecule has 4 aliphatic rings. The molecule has 1 aliphatic heterocycles. The van der Waals surface area contributed by atoms with E-state index in [2.05, 4.69) is 65.5 Å². The summed E-state index contributed by atoms with van der Waals surface area (Å²) in [5, 5.41) is 4.73. The Morgan fingerprint density at radius 2 is 1.73 bits per heavy atom. The first-order valence-electron chi connectivity index (χ1n) is 13.6. The van der Waals surface area contributed by atoms with Crippen molar-refractivity contribution in [1.29, 1.82) is 0 Å². The largest absolute Gasteiger partial charge is 0.464 e. The number of benzene rings is 2. The number of fused-ring (bicyclic) bond motifs is 2. The number of esters is 1. The molecule has 3 unspecified atom stereocenters. The predicted molar refractivity (Wildman–Crippen MR) is 149 cm³/mol. The zero-order valence-corrected chi connectivity index (χ0v) is 22.4. The molecule has 1 heterocycles. The fourth-order valence-corrected chi connectivity index (χ4v) is 6.49. The van der Waals surface area contributed by atoms with Crippen molar-refractivity contribution >= 4 is 17.4 Å². The molecule has 0 spiro atoms. The van der Waals surface area contributed by atoms with Crippen molar-refractivity contribution in [3.05, 3.63) is 77.9 Å². The van der Waals surface area contributed by atoms with Crippen molar-refractivity contribution in [1.82, 2.24) is 9.80 Å². The van der Waals surface area contributed by atoms with Crippen LogP contribution >= 0.6 is 0 Å². The van der Waals surface area contributed by atoms with E-state index in [0.29, 0.717) is 11.6 Å². The maximum absolute atomic E-state index is 13.3. The summed E-state index contributed by atoms with van der Waals surface area (Å²) in [6.07, 6.45) is 5.90. The summed E-state index contributed by atoms with van der Waals surface area (Å²) in [5.74, 6) is 0.841. The standard InChI is InChI=1S/C31H40N4O2/c1-31(2)24-13-10-16-26(27(31)21-24)29(28(30(36)37-3)33-32-25-14-8-5-9-15-25)35-19-17-34(18-20-35)22-23-11-6-4-7-12-23/h4-9,11-12,14-16,24,27,29,32H,10,13,17-22H2,1-3H3/b33-28-. The van der Waals surface area contributed by atoms with Crippen LogP contribution < -0.4 is 5.43 Å². The minimum atomic E-state index is -0.362. The maximum Gasteiger partial charge on any atom is 0.356 e. The number of nitrogens with one attached hydrogen (secondary N) is 1. The third-order valence-corrected chi connectivity index (χ3v) is 8.84. The van der Waals surface area contributed by atoms with E-state index in [9.17, 15) is 4.79 Å². The Balaban J connectivity index is 1.43. The number of rotatable bonds is 8. The van der Waals surface area contributed by atoms with Crippen LogP contribution in [0.3, 0.4) is 0 Å². The van der Waals surface area contributed by atoms with Crippen LogP contribution in [-0.4, -0.2) is 60.8 Å². The molecule has 6 nitrogen and oxygen atoms in total. The van der Waals surface area contributed by atoms with E-state index in [1.807, 2.05) is 30.3 Å². The highest BCUT2D eigenvalue weighted by Crippen LogP contribution is 2.59. The smallest absolute Gasteiger partial charge is 0.356 e. The summed E-state index contributed by atoms with van der Waals surface area (Å²) in [6.45, 7) is 9.42. The molecule has 1 saturated carbocycles. The lowest BCUT2D eigenvalue weighted by Gasteiger charge is -2.54. The summed E-state index contributed by atoms with van der Waals surface area (Å²) in [5.41, 5.74) is 7.39. The maximum atomic E-state index is 13.3. The van der Waals surface area contributed by atoms with Crippen molar-refractivity contribution in [2.24, 2.45) is 22.4 Å². The number of hydrogen-bond acceptors (Lipinski definition) is 6. The van der Waals surface area contributed by atoms with Crippen molar-refractivity contribution in [2.75, 3.05) is 38.7 Å². The number of methoxy groups -OCH3 is 1. The van der Waals surface area contributed by atoms with Gasteiger partial charge in [-0.1, -0.05) is 68.5 Å². The molecule has 196 valence electrons. The van der Waals surface area contributed by atoms with Crippen LogP contribution in [-0.2, 0) is 16.1 Å². The second-order valence-electron chi connectivity index (χ2n) is 11.3. The molecule has 0 amide bonds. The van der Waals surface area contributed by atoms with Crippen molar-refractivity contribution < 1.29 is 9.53 Å². The molecule has 37 heavy (non-hydrogen) atoms. The minimum Gasteiger partial charge on any atom is -0.464 e. The first-order chi connectivity index (χ1) is 18.0. The van der Waals surface area contributed by atoms with Crippen LogP contribution in [0, 0.1) is 17.3 Å². The molecule has 2 bridgehead atoms. The molecular formula is C31H40N4O2. The molecule has 6 rings (SSSR count). The van der Waals surface area contributed by atoms with Gasteiger partial charge in [0.15, 0.2) is 5.71 Å². The van der Waals surface area contributed by atoms with E-state index < -0.39 is 0 Å². The van der Waals surface area contributed by atoms with Gasteiger partial charge in [-0.25, -0.2) is 4.79 Å².